The Morgan fingerprint density at radius 2 is 1.90 bits per heavy atom. The number of carbonyl (C=O) groups excluding carboxylic acids is 3. The van der Waals surface area contributed by atoms with Gasteiger partial charge in [0.25, 0.3) is 5.91 Å². The molecule has 2 aliphatic rings. The summed E-state index contributed by atoms with van der Waals surface area (Å²) >= 11 is 0. The number of nitrogen functional groups attached to an aromatic ring is 1. The Morgan fingerprint density at radius 3 is 2.59 bits per heavy atom. The summed E-state index contributed by atoms with van der Waals surface area (Å²) in [5.41, 5.74) is 8.15. The van der Waals surface area contributed by atoms with Crippen LogP contribution in [0.2, 0.25) is 0 Å². The zero-order valence-electron chi connectivity index (χ0n) is 15.1. The van der Waals surface area contributed by atoms with Gasteiger partial charge in [0.15, 0.2) is 0 Å². The van der Waals surface area contributed by atoms with Crippen molar-refractivity contribution in [3.63, 3.8) is 0 Å². The quantitative estimate of drug-likeness (QED) is 0.725. The van der Waals surface area contributed by atoms with Crippen LogP contribution in [0.5, 0.6) is 0 Å². The number of nitrogens with one attached hydrogen (secondary N) is 1. The van der Waals surface area contributed by atoms with Gasteiger partial charge in [-0.15, -0.1) is 0 Å². The van der Waals surface area contributed by atoms with Crippen LogP contribution in [-0.4, -0.2) is 33.6 Å². The molecule has 0 aliphatic carbocycles. The van der Waals surface area contributed by atoms with Gasteiger partial charge >= 0.3 is 0 Å². The molecule has 1 unspecified atom stereocenters. The molecule has 4 rings (SSSR count). The lowest BCUT2D eigenvalue weighted by atomic mass is 10.00. The van der Waals surface area contributed by atoms with Gasteiger partial charge in [0.1, 0.15) is 24.0 Å². The number of hydrogen-bond acceptors (Lipinski definition) is 7. The van der Waals surface area contributed by atoms with Crippen LogP contribution in [0, 0.1) is 22.7 Å². The Bertz CT molecular complexity index is 1170. The lowest BCUT2D eigenvalue weighted by Crippen LogP contribution is -2.52. The van der Waals surface area contributed by atoms with E-state index in [0.717, 1.165) is 0 Å². The number of benzene rings is 1. The normalized spacial score (nSPS) is 18.1. The van der Waals surface area contributed by atoms with E-state index in [1.54, 1.807) is 18.2 Å². The number of amides is 3. The van der Waals surface area contributed by atoms with Crippen LogP contribution in [0.4, 0.5) is 5.82 Å². The largest absolute Gasteiger partial charge is 0.383 e. The smallest absolute Gasteiger partial charge is 0.255 e. The fourth-order valence-corrected chi connectivity index (χ4v) is 3.64. The van der Waals surface area contributed by atoms with Crippen LogP contribution < -0.4 is 11.1 Å². The molecule has 142 valence electrons. The zero-order valence-corrected chi connectivity index (χ0v) is 15.1. The Labute approximate surface area is 165 Å². The fourth-order valence-electron chi connectivity index (χ4n) is 3.64. The number of hydrogen-bond donors (Lipinski definition) is 2. The van der Waals surface area contributed by atoms with Crippen molar-refractivity contribution < 1.29 is 14.4 Å². The van der Waals surface area contributed by atoms with E-state index in [1.807, 2.05) is 12.1 Å². The number of pyridine rings is 1. The Balaban J connectivity index is 1.70. The third-order valence-electron chi connectivity index (χ3n) is 5.09. The molecule has 2 aromatic rings. The number of fused-ring (bicyclic) bond motifs is 1. The fraction of sp³-hybridized carbons (Fsp3) is 0.200. The number of nitrogens with zero attached hydrogens (tertiary/aromatic N) is 4. The molecule has 3 heterocycles. The lowest BCUT2D eigenvalue weighted by Gasteiger charge is -2.29. The van der Waals surface area contributed by atoms with Gasteiger partial charge in [-0.05, 0) is 30.2 Å². The van der Waals surface area contributed by atoms with Crippen molar-refractivity contribution in [3.05, 3.63) is 46.5 Å². The summed E-state index contributed by atoms with van der Waals surface area (Å²) in [6, 6.07) is 9.59. The van der Waals surface area contributed by atoms with E-state index in [-0.39, 0.29) is 48.1 Å². The van der Waals surface area contributed by atoms with Crippen molar-refractivity contribution in [3.8, 4) is 23.4 Å². The SMILES string of the molecule is N#Cc1cc(C#N)c(-c2ccc3c(c2)CN(C2CCC(=O)NC2=O)C3=O)nc1N. The maximum absolute atomic E-state index is 12.8. The van der Waals surface area contributed by atoms with E-state index in [4.69, 9.17) is 11.0 Å². The molecule has 3 amide bonds. The molecular weight excluding hydrogens is 372 g/mol. The second-order valence-electron chi connectivity index (χ2n) is 6.81. The van der Waals surface area contributed by atoms with Crippen molar-refractivity contribution in [1.82, 2.24) is 15.2 Å². The monoisotopic (exact) mass is 386 g/mol. The zero-order chi connectivity index (χ0) is 20.7. The highest BCUT2D eigenvalue weighted by molar-refractivity contribution is 6.05. The summed E-state index contributed by atoms with van der Waals surface area (Å²) < 4.78 is 0. The predicted molar refractivity (Wildman–Crippen MR) is 99.6 cm³/mol. The van der Waals surface area contributed by atoms with Crippen LogP contribution in [0.25, 0.3) is 11.3 Å². The highest BCUT2D eigenvalue weighted by atomic mass is 16.2. The highest BCUT2D eigenvalue weighted by Crippen LogP contribution is 2.32. The van der Waals surface area contributed by atoms with Gasteiger partial charge in [-0.1, -0.05) is 6.07 Å². The van der Waals surface area contributed by atoms with Crippen molar-refractivity contribution in [2.24, 2.45) is 0 Å². The Hall–Kier alpha value is -4.24. The summed E-state index contributed by atoms with van der Waals surface area (Å²) in [7, 11) is 0. The van der Waals surface area contributed by atoms with Crippen molar-refractivity contribution in [2.75, 3.05) is 5.73 Å². The first-order valence-corrected chi connectivity index (χ1v) is 8.81. The minimum atomic E-state index is -0.700. The second-order valence-corrected chi connectivity index (χ2v) is 6.81. The highest BCUT2D eigenvalue weighted by Gasteiger charge is 2.39. The third kappa shape index (κ3) is 2.95. The molecule has 0 bridgehead atoms. The number of nitriles is 2. The molecule has 1 aromatic heterocycles. The van der Waals surface area contributed by atoms with Gasteiger partial charge in [0.2, 0.25) is 11.8 Å². The summed E-state index contributed by atoms with van der Waals surface area (Å²) in [6.45, 7) is 0.210. The summed E-state index contributed by atoms with van der Waals surface area (Å²) in [4.78, 5) is 41.9. The third-order valence-corrected chi connectivity index (χ3v) is 5.09. The molecule has 0 radical (unpaired) electrons. The first-order chi connectivity index (χ1) is 13.9. The van der Waals surface area contributed by atoms with Crippen LogP contribution in [-0.2, 0) is 16.1 Å². The minimum Gasteiger partial charge on any atom is -0.383 e. The van der Waals surface area contributed by atoms with E-state index in [2.05, 4.69) is 10.3 Å². The number of nitrogens with two attached hydrogens (primary N) is 1. The second kappa shape index (κ2) is 6.73. The maximum Gasteiger partial charge on any atom is 0.255 e. The Kier molecular flexibility index (Phi) is 4.21. The summed E-state index contributed by atoms with van der Waals surface area (Å²) in [5, 5.41) is 20.7. The number of rotatable bonds is 2. The topological polar surface area (TPSA) is 153 Å². The van der Waals surface area contributed by atoms with Crippen LogP contribution in [0.1, 0.15) is 39.9 Å². The molecule has 3 N–H and O–H groups in total. The average Bonchev–Trinajstić information content (AvgIpc) is 3.03. The lowest BCUT2D eigenvalue weighted by molar-refractivity contribution is -0.136. The van der Waals surface area contributed by atoms with Gasteiger partial charge in [-0.25, -0.2) is 4.98 Å². The molecule has 0 spiro atoms. The van der Waals surface area contributed by atoms with Crippen molar-refractivity contribution >= 4 is 23.5 Å². The molecule has 9 nitrogen and oxygen atoms in total. The molecule has 1 atom stereocenters. The molecule has 1 saturated heterocycles. The molecular formula is C20H14N6O3. The van der Waals surface area contributed by atoms with E-state index >= 15 is 0 Å². The molecule has 0 saturated carbocycles. The number of aromatic nitrogens is 1. The molecule has 2 aliphatic heterocycles. The number of piperidine rings is 1. The van der Waals surface area contributed by atoms with Gasteiger partial charge in [0, 0.05) is 24.1 Å². The number of anilines is 1. The summed E-state index contributed by atoms with van der Waals surface area (Å²) in [5.74, 6) is -1.08. The molecule has 9 heteroatoms. The van der Waals surface area contributed by atoms with Crippen molar-refractivity contribution in [1.29, 1.82) is 10.5 Å². The molecule has 29 heavy (non-hydrogen) atoms. The van der Waals surface area contributed by atoms with Crippen LogP contribution >= 0.6 is 0 Å². The Morgan fingerprint density at radius 1 is 1.14 bits per heavy atom. The van der Waals surface area contributed by atoms with E-state index in [1.165, 1.54) is 11.0 Å². The van der Waals surface area contributed by atoms with E-state index in [9.17, 15) is 19.6 Å². The van der Waals surface area contributed by atoms with E-state index < -0.39 is 11.9 Å². The standard InChI is InChI=1S/C20H14N6O3/c21-7-11-6-12(8-22)18(23)25-17(11)10-1-2-14-13(5-10)9-26(20(14)29)15-3-4-16(27)24-19(15)28/h1-2,5-6,15H,3-4,9H2,(H2,23,25)(H,24,27,28). The van der Waals surface area contributed by atoms with E-state index in [0.29, 0.717) is 22.4 Å². The maximum atomic E-state index is 12.8. The van der Waals surface area contributed by atoms with Gasteiger partial charge in [-0.2, -0.15) is 10.5 Å². The molecule has 1 fully saturated rings. The van der Waals surface area contributed by atoms with Gasteiger partial charge in [-0.3, -0.25) is 19.7 Å². The van der Waals surface area contributed by atoms with Crippen LogP contribution in [0.3, 0.4) is 0 Å². The van der Waals surface area contributed by atoms with Crippen LogP contribution in [0.15, 0.2) is 24.3 Å². The van der Waals surface area contributed by atoms with Gasteiger partial charge in [0.05, 0.1) is 16.8 Å². The first kappa shape index (κ1) is 18.1. The number of imide groups is 1. The summed E-state index contributed by atoms with van der Waals surface area (Å²) in [6.07, 6.45) is 0.464. The number of carbonyl (C=O) groups is 3. The average molecular weight is 386 g/mol. The first-order valence-electron chi connectivity index (χ1n) is 8.81. The van der Waals surface area contributed by atoms with Gasteiger partial charge < -0.3 is 10.6 Å². The predicted octanol–water partition coefficient (Wildman–Crippen LogP) is 0.835. The molecule has 1 aromatic carbocycles. The minimum absolute atomic E-state index is 0.0169. The van der Waals surface area contributed by atoms with Crippen molar-refractivity contribution in [2.45, 2.75) is 25.4 Å².